The minimum atomic E-state index is 0. The zero-order valence-electron chi connectivity index (χ0n) is 14.5. The van der Waals surface area contributed by atoms with Crippen molar-refractivity contribution in [2.45, 2.75) is 25.3 Å². The van der Waals surface area contributed by atoms with Gasteiger partial charge in [-0.15, -0.1) is 24.8 Å². The van der Waals surface area contributed by atoms with Crippen molar-refractivity contribution in [3.05, 3.63) is 24.4 Å². The lowest BCUT2D eigenvalue weighted by Gasteiger charge is -2.36. The SMILES string of the molecule is Cl.Cl.NC1CCCN(C(=O)CCN2CCN(c3ccccn3)CC2)C1. The van der Waals surface area contributed by atoms with Crippen LogP contribution in [0.25, 0.3) is 0 Å². The molecule has 0 spiro atoms. The number of halogens is 2. The van der Waals surface area contributed by atoms with Crippen LogP contribution in [0.2, 0.25) is 0 Å². The van der Waals surface area contributed by atoms with Crippen molar-refractivity contribution in [3.8, 4) is 0 Å². The molecular formula is C17H29Cl2N5O. The number of pyridine rings is 1. The van der Waals surface area contributed by atoms with Gasteiger partial charge in [-0.2, -0.15) is 0 Å². The number of hydrogen-bond donors (Lipinski definition) is 1. The van der Waals surface area contributed by atoms with Crippen LogP contribution in [0.5, 0.6) is 0 Å². The fourth-order valence-electron chi connectivity index (χ4n) is 3.39. The molecule has 3 heterocycles. The molecule has 0 aliphatic carbocycles. The van der Waals surface area contributed by atoms with Crippen LogP contribution < -0.4 is 10.6 Å². The molecule has 0 radical (unpaired) electrons. The quantitative estimate of drug-likeness (QED) is 0.842. The van der Waals surface area contributed by atoms with Gasteiger partial charge < -0.3 is 15.5 Å². The van der Waals surface area contributed by atoms with E-state index in [1.807, 2.05) is 23.2 Å². The summed E-state index contributed by atoms with van der Waals surface area (Å²) in [6, 6.07) is 6.18. The predicted molar refractivity (Wildman–Crippen MR) is 106 cm³/mol. The van der Waals surface area contributed by atoms with Crippen molar-refractivity contribution in [3.63, 3.8) is 0 Å². The monoisotopic (exact) mass is 389 g/mol. The number of likely N-dealkylation sites (tertiary alicyclic amines) is 1. The highest BCUT2D eigenvalue weighted by Gasteiger charge is 2.23. The zero-order chi connectivity index (χ0) is 16.1. The van der Waals surface area contributed by atoms with Gasteiger partial charge in [-0.1, -0.05) is 6.07 Å². The van der Waals surface area contributed by atoms with Crippen LogP contribution in [0.15, 0.2) is 24.4 Å². The molecule has 2 N–H and O–H groups in total. The van der Waals surface area contributed by atoms with E-state index in [0.29, 0.717) is 6.42 Å². The molecule has 1 unspecified atom stereocenters. The maximum atomic E-state index is 12.3. The highest BCUT2D eigenvalue weighted by atomic mass is 35.5. The van der Waals surface area contributed by atoms with Gasteiger partial charge in [0.25, 0.3) is 0 Å². The average Bonchev–Trinajstić information content (AvgIpc) is 2.61. The summed E-state index contributed by atoms with van der Waals surface area (Å²) in [4.78, 5) is 23.3. The molecule has 2 aliphatic rings. The average molecular weight is 390 g/mol. The lowest BCUT2D eigenvalue weighted by Crippen LogP contribution is -2.49. The zero-order valence-corrected chi connectivity index (χ0v) is 16.2. The lowest BCUT2D eigenvalue weighted by atomic mass is 10.1. The van der Waals surface area contributed by atoms with Crippen LogP contribution in [0, 0.1) is 0 Å². The maximum Gasteiger partial charge on any atom is 0.223 e. The highest BCUT2D eigenvalue weighted by molar-refractivity contribution is 5.85. The van der Waals surface area contributed by atoms with E-state index in [9.17, 15) is 4.79 Å². The van der Waals surface area contributed by atoms with E-state index in [2.05, 4.69) is 20.9 Å². The molecular weight excluding hydrogens is 361 g/mol. The van der Waals surface area contributed by atoms with Gasteiger partial charge in [0, 0.05) is 64.5 Å². The third-order valence-corrected chi connectivity index (χ3v) is 4.80. The number of carbonyl (C=O) groups is 1. The number of piperidine rings is 1. The molecule has 1 aromatic heterocycles. The van der Waals surface area contributed by atoms with Crippen LogP contribution >= 0.6 is 24.8 Å². The Morgan fingerprint density at radius 3 is 2.56 bits per heavy atom. The van der Waals surface area contributed by atoms with Gasteiger partial charge in [0.15, 0.2) is 0 Å². The molecule has 1 atom stereocenters. The Morgan fingerprint density at radius 2 is 1.92 bits per heavy atom. The Labute approximate surface area is 162 Å². The molecule has 2 saturated heterocycles. The van der Waals surface area contributed by atoms with Crippen LogP contribution in [0.1, 0.15) is 19.3 Å². The van der Waals surface area contributed by atoms with E-state index in [1.54, 1.807) is 0 Å². The smallest absolute Gasteiger partial charge is 0.223 e. The first-order valence-corrected chi connectivity index (χ1v) is 8.64. The standard InChI is InChI=1S/C17H27N5O.2ClH/c18-15-4-3-8-22(14-15)17(23)6-9-20-10-12-21(13-11-20)16-5-1-2-7-19-16;;/h1-2,5,7,15H,3-4,6,8-14,18H2;2*1H. The van der Waals surface area contributed by atoms with Crippen molar-refractivity contribution in [2.75, 3.05) is 50.7 Å². The summed E-state index contributed by atoms with van der Waals surface area (Å²) >= 11 is 0. The number of nitrogens with zero attached hydrogens (tertiary/aromatic N) is 4. The summed E-state index contributed by atoms with van der Waals surface area (Å²) in [5, 5.41) is 0. The van der Waals surface area contributed by atoms with Crippen LogP contribution in [-0.2, 0) is 4.79 Å². The van der Waals surface area contributed by atoms with Crippen molar-refractivity contribution < 1.29 is 4.79 Å². The summed E-state index contributed by atoms with van der Waals surface area (Å²) in [6.07, 6.45) is 4.52. The Morgan fingerprint density at radius 1 is 1.16 bits per heavy atom. The number of carbonyl (C=O) groups excluding carboxylic acids is 1. The van der Waals surface area contributed by atoms with Gasteiger partial charge in [0.1, 0.15) is 5.82 Å². The summed E-state index contributed by atoms with van der Waals surface area (Å²) in [7, 11) is 0. The third kappa shape index (κ3) is 6.29. The summed E-state index contributed by atoms with van der Waals surface area (Å²) in [5.74, 6) is 1.30. The number of nitrogens with two attached hydrogens (primary N) is 1. The first-order valence-electron chi connectivity index (χ1n) is 8.64. The first-order chi connectivity index (χ1) is 11.2. The summed E-state index contributed by atoms with van der Waals surface area (Å²) < 4.78 is 0. The van der Waals surface area contributed by atoms with Gasteiger partial charge in [0.05, 0.1) is 0 Å². The number of piperazine rings is 1. The number of aromatic nitrogens is 1. The molecule has 1 aromatic rings. The second-order valence-electron chi connectivity index (χ2n) is 6.51. The summed E-state index contributed by atoms with van der Waals surface area (Å²) in [5.41, 5.74) is 5.96. The molecule has 25 heavy (non-hydrogen) atoms. The minimum absolute atomic E-state index is 0. The van der Waals surface area contributed by atoms with Gasteiger partial charge >= 0.3 is 0 Å². The Kier molecular flexibility index (Phi) is 9.50. The van der Waals surface area contributed by atoms with Crippen molar-refractivity contribution >= 4 is 36.5 Å². The topological polar surface area (TPSA) is 65.7 Å². The second-order valence-corrected chi connectivity index (χ2v) is 6.51. The molecule has 142 valence electrons. The fraction of sp³-hybridized carbons (Fsp3) is 0.647. The molecule has 1 amide bonds. The Bertz CT molecular complexity index is 511. The van der Waals surface area contributed by atoms with E-state index in [-0.39, 0.29) is 36.8 Å². The van der Waals surface area contributed by atoms with Crippen LogP contribution in [0.3, 0.4) is 0 Å². The number of anilines is 1. The van der Waals surface area contributed by atoms with Crippen molar-refractivity contribution in [1.29, 1.82) is 0 Å². The molecule has 3 rings (SSSR count). The number of hydrogen-bond acceptors (Lipinski definition) is 5. The normalized spacial score (nSPS) is 21.2. The van der Waals surface area contributed by atoms with E-state index >= 15 is 0 Å². The van der Waals surface area contributed by atoms with Gasteiger partial charge in [-0.25, -0.2) is 4.98 Å². The van der Waals surface area contributed by atoms with Gasteiger partial charge in [-0.05, 0) is 25.0 Å². The molecule has 0 saturated carbocycles. The molecule has 6 nitrogen and oxygen atoms in total. The fourth-order valence-corrected chi connectivity index (χ4v) is 3.39. The molecule has 2 aliphatic heterocycles. The molecule has 8 heteroatoms. The Hall–Kier alpha value is -1.08. The third-order valence-electron chi connectivity index (χ3n) is 4.80. The van der Waals surface area contributed by atoms with Gasteiger partial charge in [-0.3, -0.25) is 9.69 Å². The Balaban J connectivity index is 0.00000156. The molecule has 2 fully saturated rings. The van der Waals surface area contributed by atoms with E-state index in [4.69, 9.17) is 5.73 Å². The van der Waals surface area contributed by atoms with E-state index in [0.717, 1.165) is 64.5 Å². The molecule has 0 aromatic carbocycles. The van der Waals surface area contributed by atoms with Crippen LogP contribution in [0.4, 0.5) is 5.82 Å². The van der Waals surface area contributed by atoms with Crippen molar-refractivity contribution in [2.24, 2.45) is 5.73 Å². The van der Waals surface area contributed by atoms with Crippen LogP contribution in [-0.4, -0.2) is 72.5 Å². The number of rotatable bonds is 4. The number of amides is 1. The van der Waals surface area contributed by atoms with E-state index in [1.165, 1.54) is 0 Å². The summed E-state index contributed by atoms with van der Waals surface area (Å²) in [6.45, 7) is 6.37. The highest BCUT2D eigenvalue weighted by Crippen LogP contribution is 2.13. The first kappa shape index (κ1) is 22.0. The molecule has 0 bridgehead atoms. The lowest BCUT2D eigenvalue weighted by molar-refractivity contribution is -0.132. The van der Waals surface area contributed by atoms with Gasteiger partial charge in [0.2, 0.25) is 5.91 Å². The van der Waals surface area contributed by atoms with Crippen molar-refractivity contribution in [1.82, 2.24) is 14.8 Å². The predicted octanol–water partition coefficient (Wildman–Crippen LogP) is 1.39. The second kappa shape index (κ2) is 10.8. The minimum Gasteiger partial charge on any atom is -0.354 e. The maximum absolute atomic E-state index is 12.3. The van der Waals surface area contributed by atoms with E-state index < -0.39 is 0 Å². The largest absolute Gasteiger partial charge is 0.354 e.